The summed E-state index contributed by atoms with van der Waals surface area (Å²) in [6, 6.07) is 0. The smallest absolute Gasteiger partial charge is 0.329 e. The Morgan fingerprint density at radius 2 is 1.64 bits per heavy atom. The second kappa shape index (κ2) is 4.45. The van der Waals surface area contributed by atoms with Crippen molar-refractivity contribution >= 4 is 15.9 Å². The molecule has 0 aromatic carbocycles. The normalized spacial score (nSPS) is 17.9. The summed E-state index contributed by atoms with van der Waals surface area (Å²) in [4.78, 5) is 10.3. The Morgan fingerprint density at radius 1 is 1.29 bits per heavy atom. The lowest BCUT2D eigenvalue weighted by molar-refractivity contribution is 0.277. The quantitative estimate of drug-likeness (QED) is 0.605. The van der Waals surface area contributed by atoms with E-state index < -0.39 is 15.9 Å². The van der Waals surface area contributed by atoms with Crippen molar-refractivity contribution in [1.29, 1.82) is 0 Å². The van der Waals surface area contributed by atoms with Crippen LogP contribution in [0.3, 0.4) is 0 Å². The van der Waals surface area contributed by atoms with E-state index in [4.69, 9.17) is 9.05 Å². The summed E-state index contributed by atoms with van der Waals surface area (Å²) in [5, 5.41) is -0.236. The molecule has 4 nitrogen and oxygen atoms in total. The topological polar surface area (TPSA) is 55.8 Å². The van der Waals surface area contributed by atoms with Gasteiger partial charge in [0.05, 0.1) is 5.79 Å². The maximum atomic E-state index is 11.8. The van der Waals surface area contributed by atoms with E-state index in [0.717, 1.165) is 0 Å². The predicted molar refractivity (Wildman–Crippen MR) is 60.0 cm³/mol. The molecule has 0 saturated carbocycles. The highest BCUT2D eigenvalue weighted by atomic mass is 31.2. The molecular weight excluding hydrogens is 219 g/mol. The summed E-state index contributed by atoms with van der Waals surface area (Å²) < 4.78 is 21.5. The minimum atomic E-state index is -3.09. The Bertz CT molecular complexity index is 226. The number of hydrogen-bond donors (Lipinski definition) is 1. The third-order valence-electron chi connectivity index (χ3n) is 2.67. The van der Waals surface area contributed by atoms with Gasteiger partial charge in [-0.3, -0.25) is 4.57 Å². The molecule has 0 aliphatic carbocycles. The highest BCUT2D eigenvalue weighted by Crippen LogP contribution is 2.51. The van der Waals surface area contributed by atoms with E-state index in [1.165, 1.54) is 14.2 Å². The number of hydrogen-bond acceptors (Lipinski definition) is 4. The molecule has 0 saturated heterocycles. The molecule has 0 aromatic rings. The molecule has 14 heavy (non-hydrogen) atoms. The fourth-order valence-electron chi connectivity index (χ4n) is 0.818. The Balaban J connectivity index is 4.74. The van der Waals surface area contributed by atoms with Crippen molar-refractivity contribution in [2.45, 2.75) is 32.4 Å². The molecule has 1 N–H and O–H groups in total. The SMILES string of the molecule is COP(=O)(C[Si](C)(O)C(C)(C)C)OC. The Kier molecular flexibility index (Phi) is 4.56. The second-order valence-electron chi connectivity index (χ2n) is 4.66. The van der Waals surface area contributed by atoms with Gasteiger partial charge >= 0.3 is 7.60 Å². The van der Waals surface area contributed by atoms with E-state index in [9.17, 15) is 9.36 Å². The fraction of sp³-hybridized carbons (Fsp3) is 1.00. The molecule has 0 amide bonds. The molecule has 0 rings (SSSR count). The predicted octanol–water partition coefficient (Wildman–Crippen LogP) is 2.38. The minimum absolute atomic E-state index is 0.135. The standard InChI is InChI=1S/C8H21O4PSi/c1-8(2,3)14(6,10)7-13(9,11-4)12-5/h10H,7H2,1-6H3. The van der Waals surface area contributed by atoms with Crippen LogP contribution < -0.4 is 0 Å². The second-order valence-corrected chi connectivity index (χ2v) is 11.9. The van der Waals surface area contributed by atoms with Crippen molar-refractivity contribution in [3.8, 4) is 0 Å². The molecule has 1 atom stereocenters. The van der Waals surface area contributed by atoms with Crippen molar-refractivity contribution < 1.29 is 18.4 Å². The Morgan fingerprint density at radius 3 is 1.86 bits per heavy atom. The zero-order valence-electron chi connectivity index (χ0n) is 9.83. The van der Waals surface area contributed by atoms with Crippen LogP contribution in [0, 0.1) is 0 Å². The van der Waals surface area contributed by atoms with Gasteiger partial charge in [-0.15, -0.1) is 0 Å². The molecule has 0 aliphatic rings. The number of rotatable bonds is 4. The van der Waals surface area contributed by atoms with Crippen LogP contribution in [0.15, 0.2) is 0 Å². The molecule has 0 spiro atoms. The zero-order chi connectivity index (χ0) is 11.6. The summed E-state index contributed by atoms with van der Waals surface area (Å²) in [6.07, 6.45) is 0. The molecule has 0 fully saturated rings. The third kappa shape index (κ3) is 3.48. The summed E-state index contributed by atoms with van der Waals surface area (Å²) >= 11 is 0. The molecular formula is C8H21O4PSi. The van der Waals surface area contributed by atoms with Crippen molar-refractivity contribution in [2.24, 2.45) is 0 Å². The van der Waals surface area contributed by atoms with E-state index in [1.54, 1.807) is 6.55 Å². The highest BCUT2D eigenvalue weighted by molar-refractivity contribution is 7.56. The highest BCUT2D eigenvalue weighted by Gasteiger charge is 2.45. The first-order chi connectivity index (χ1) is 6.08. The maximum absolute atomic E-state index is 11.8. The summed E-state index contributed by atoms with van der Waals surface area (Å²) in [5.74, 6) is 0.135. The fourth-order valence-corrected chi connectivity index (χ4v) is 6.91. The van der Waals surface area contributed by atoms with Gasteiger partial charge in [-0.2, -0.15) is 0 Å². The van der Waals surface area contributed by atoms with Crippen LogP contribution in [-0.4, -0.2) is 33.1 Å². The molecule has 0 aromatic heterocycles. The first-order valence-corrected chi connectivity index (χ1v) is 8.89. The average molecular weight is 240 g/mol. The van der Waals surface area contributed by atoms with E-state index >= 15 is 0 Å². The van der Waals surface area contributed by atoms with Crippen LogP contribution in [0.25, 0.3) is 0 Å². The lowest BCUT2D eigenvalue weighted by Crippen LogP contribution is -2.45. The third-order valence-corrected chi connectivity index (χ3v) is 11.0. The average Bonchev–Trinajstić information content (AvgIpc) is 2.01. The summed E-state index contributed by atoms with van der Waals surface area (Å²) in [5.41, 5.74) is 0. The molecule has 6 heteroatoms. The van der Waals surface area contributed by atoms with Crippen LogP contribution >= 0.6 is 7.60 Å². The van der Waals surface area contributed by atoms with E-state index in [1.807, 2.05) is 20.8 Å². The van der Waals surface area contributed by atoms with Crippen LogP contribution in [-0.2, 0) is 13.6 Å². The summed E-state index contributed by atoms with van der Waals surface area (Å²) in [6.45, 7) is 7.59. The van der Waals surface area contributed by atoms with Gasteiger partial charge in [0.1, 0.15) is 0 Å². The van der Waals surface area contributed by atoms with Crippen LogP contribution in [0.5, 0.6) is 0 Å². The monoisotopic (exact) mass is 240 g/mol. The van der Waals surface area contributed by atoms with Crippen molar-refractivity contribution in [2.75, 3.05) is 20.0 Å². The summed E-state index contributed by atoms with van der Waals surface area (Å²) in [7, 11) is -2.99. The largest absolute Gasteiger partial charge is 0.431 e. The van der Waals surface area contributed by atoms with Gasteiger partial charge in [0, 0.05) is 14.2 Å². The molecule has 1 unspecified atom stereocenters. The maximum Gasteiger partial charge on any atom is 0.329 e. The molecule has 86 valence electrons. The molecule has 0 aliphatic heterocycles. The first-order valence-electron chi connectivity index (χ1n) is 4.51. The van der Waals surface area contributed by atoms with Gasteiger partial charge < -0.3 is 13.8 Å². The molecule has 0 radical (unpaired) electrons. The van der Waals surface area contributed by atoms with Crippen LogP contribution in [0.2, 0.25) is 11.6 Å². The van der Waals surface area contributed by atoms with Crippen molar-refractivity contribution in [1.82, 2.24) is 0 Å². The van der Waals surface area contributed by atoms with Crippen molar-refractivity contribution in [3.05, 3.63) is 0 Å². The van der Waals surface area contributed by atoms with Gasteiger partial charge in [0.2, 0.25) is 8.32 Å². The first kappa shape index (κ1) is 14.3. The van der Waals surface area contributed by atoms with E-state index in [2.05, 4.69) is 0 Å². The van der Waals surface area contributed by atoms with Gasteiger partial charge in [-0.25, -0.2) is 0 Å². The van der Waals surface area contributed by atoms with Crippen LogP contribution in [0.1, 0.15) is 20.8 Å². The van der Waals surface area contributed by atoms with Gasteiger partial charge in [-0.05, 0) is 11.6 Å². The van der Waals surface area contributed by atoms with Crippen molar-refractivity contribution in [3.63, 3.8) is 0 Å². The minimum Gasteiger partial charge on any atom is -0.431 e. The lowest BCUT2D eigenvalue weighted by atomic mass is 10.2. The Labute approximate surface area is 87.3 Å². The molecule has 0 bridgehead atoms. The zero-order valence-corrected chi connectivity index (χ0v) is 11.7. The molecule has 0 heterocycles. The van der Waals surface area contributed by atoms with E-state index in [0.29, 0.717) is 0 Å². The van der Waals surface area contributed by atoms with Gasteiger partial charge in [0.15, 0.2) is 0 Å². The lowest BCUT2D eigenvalue weighted by Gasteiger charge is -2.35. The van der Waals surface area contributed by atoms with Crippen LogP contribution in [0.4, 0.5) is 0 Å². The van der Waals surface area contributed by atoms with E-state index in [-0.39, 0.29) is 10.8 Å². The Hall–Kier alpha value is 0.327. The van der Waals surface area contributed by atoms with Gasteiger partial charge in [-0.1, -0.05) is 20.8 Å². The van der Waals surface area contributed by atoms with Gasteiger partial charge in [0.25, 0.3) is 0 Å².